The zero-order valence-electron chi connectivity index (χ0n) is 9.00. The number of piperidine rings is 1. The van der Waals surface area contributed by atoms with E-state index in [9.17, 15) is 9.59 Å². The minimum atomic E-state index is -1.33. The number of nitrogens with two attached hydrogens (primary N) is 1. The molecule has 0 aliphatic carbocycles. The Morgan fingerprint density at radius 2 is 1.88 bits per heavy atom. The first-order chi connectivity index (χ1) is 8.09. The highest BCUT2D eigenvalue weighted by molar-refractivity contribution is 6.01. The van der Waals surface area contributed by atoms with Gasteiger partial charge in [0.15, 0.2) is 0 Å². The third-order valence-corrected chi connectivity index (χ3v) is 2.72. The summed E-state index contributed by atoms with van der Waals surface area (Å²) >= 11 is 0. The van der Waals surface area contributed by atoms with Gasteiger partial charge >= 0.3 is 5.97 Å². The maximum absolute atomic E-state index is 12.0. The summed E-state index contributed by atoms with van der Waals surface area (Å²) in [6.07, 6.45) is 1.39. The number of carbonyl (C=O) groups is 2. The van der Waals surface area contributed by atoms with Crippen molar-refractivity contribution in [3.05, 3.63) is 11.4 Å². The van der Waals surface area contributed by atoms with Gasteiger partial charge in [-0.2, -0.15) is 0 Å². The molecule has 0 aromatic carbocycles. The van der Waals surface area contributed by atoms with Crippen LogP contribution in [0.2, 0.25) is 0 Å². The van der Waals surface area contributed by atoms with E-state index < -0.39 is 17.6 Å². The van der Waals surface area contributed by atoms with Crippen LogP contribution in [-0.2, 0) is 0 Å². The zero-order valence-corrected chi connectivity index (χ0v) is 9.00. The Bertz CT molecular complexity index is 436. The molecular formula is C9H12N4O4. The van der Waals surface area contributed by atoms with E-state index in [1.54, 1.807) is 0 Å². The molecule has 0 unspecified atom stereocenters. The van der Waals surface area contributed by atoms with Gasteiger partial charge in [-0.25, -0.2) is 9.42 Å². The minimum absolute atomic E-state index is 0.0911. The number of aromatic nitrogens is 2. The number of rotatable bonds is 2. The Balaban J connectivity index is 2.14. The second kappa shape index (κ2) is 4.50. The normalized spacial score (nSPS) is 17.1. The number of likely N-dealkylation sites (tertiary alicyclic amines) is 1. The predicted molar refractivity (Wildman–Crippen MR) is 54.4 cm³/mol. The Kier molecular flexibility index (Phi) is 3.05. The van der Waals surface area contributed by atoms with E-state index >= 15 is 0 Å². The lowest BCUT2D eigenvalue weighted by Crippen LogP contribution is -2.43. The summed E-state index contributed by atoms with van der Waals surface area (Å²) in [5.41, 5.74) is 5.01. The maximum Gasteiger partial charge on any atom is 0.360 e. The summed E-state index contributed by atoms with van der Waals surface area (Å²) in [5, 5.41) is 15.3. The quantitative estimate of drug-likeness (QED) is 0.702. The predicted octanol–water partition coefficient (Wildman–Crippen LogP) is -0.669. The van der Waals surface area contributed by atoms with Crippen molar-refractivity contribution in [2.75, 3.05) is 13.1 Å². The molecule has 2 heterocycles. The number of hydrogen-bond donors (Lipinski definition) is 2. The van der Waals surface area contributed by atoms with Crippen LogP contribution in [0.4, 0.5) is 0 Å². The van der Waals surface area contributed by atoms with Crippen LogP contribution in [0, 0.1) is 0 Å². The number of nitrogens with zero attached hydrogens (tertiary/aromatic N) is 3. The lowest BCUT2D eigenvalue weighted by atomic mass is 10.1. The molecule has 1 aromatic rings. The molecule has 2 rings (SSSR count). The van der Waals surface area contributed by atoms with Crippen LogP contribution in [0.3, 0.4) is 0 Å². The van der Waals surface area contributed by atoms with E-state index in [0.717, 1.165) is 0 Å². The molecule has 0 radical (unpaired) electrons. The van der Waals surface area contributed by atoms with Crippen LogP contribution in [-0.4, -0.2) is 51.3 Å². The summed E-state index contributed by atoms with van der Waals surface area (Å²) in [4.78, 5) is 24.2. The van der Waals surface area contributed by atoms with Gasteiger partial charge in [-0.3, -0.25) is 4.79 Å². The van der Waals surface area contributed by atoms with Crippen LogP contribution in [0.15, 0.2) is 4.63 Å². The van der Waals surface area contributed by atoms with Gasteiger partial charge in [-0.1, -0.05) is 0 Å². The Morgan fingerprint density at radius 1 is 1.29 bits per heavy atom. The monoisotopic (exact) mass is 240 g/mol. The van der Waals surface area contributed by atoms with Gasteiger partial charge in [0, 0.05) is 19.1 Å². The SMILES string of the molecule is NC1CCN(C(=O)c2nonc2C(=O)O)CC1. The van der Waals surface area contributed by atoms with Crippen LogP contribution < -0.4 is 5.73 Å². The third-order valence-electron chi connectivity index (χ3n) is 2.72. The average Bonchev–Trinajstić information content (AvgIpc) is 2.78. The Morgan fingerprint density at radius 3 is 2.47 bits per heavy atom. The summed E-state index contributed by atoms with van der Waals surface area (Å²) in [5.74, 6) is -1.81. The van der Waals surface area contributed by atoms with Gasteiger partial charge in [-0.05, 0) is 23.2 Å². The van der Waals surface area contributed by atoms with Gasteiger partial charge in [0.1, 0.15) is 0 Å². The van der Waals surface area contributed by atoms with Crippen molar-refractivity contribution in [2.45, 2.75) is 18.9 Å². The van der Waals surface area contributed by atoms with Crippen molar-refractivity contribution < 1.29 is 19.3 Å². The minimum Gasteiger partial charge on any atom is -0.476 e. The molecule has 0 spiro atoms. The van der Waals surface area contributed by atoms with Crippen molar-refractivity contribution in [3.8, 4) is 0 Å². The Hall–Kier alpha value is -1.96. The standard InChI is InChI=1S/C9H12N4O4/c10-5-1-3-13(4-2-5)8(14)6-7(9(15)16)12-17-11-6/h5H,1-4,10H2,(H,15,16). The second-order valence-electron chi connectivity index (χ2n) is 3.90. The molecule has 1 amide bonds. The summed E-state index contributed by atoms with van der Waals surface area (Å²) in [6.45, 7) is 0.984. The van der Waals surface area contributed by atoms with Crippen molar-refractivity contribution in [2.24, 2.45) is 5.73 Å². The molecule has 1 aliphatic rings. The van der Waals surface area contributed by atoms with Gasteiger partial charge < -0.3 is 15.7 Å². The second-order valence-corrected chi connectivity index (χ2v) is 3.90. The van der Waals surface area contributed by atoms with Crippen molar-refractivity contribution in [1.29, 1.82) is 0 Å². The first kappa shape index (κ1) is 11.5. The van der Waals surface area contributed by atoms with E-state index in [0.29, 0.717) is 25.9 Å². The van der Waals surface area contributed by atoms with Crippen LogP contribution in [0.1, 0.15) is 33.8 Å². The van der Waals surface area contributed by atoms with Crippen LogP contribution in [0.25, 0.3) is 0 Å². The number of hydrogen-bond acceptors (Lipinski definition) is 6. The molecule has 8 nitrogen and oxygen atoms in total. The molecule has 0 saturated carbocycles. The van der Waals surface area contributed by atoms with Gasteiger partial charge in [0.05, 0.1) is 0 Å². The first-order valence-electron chi connectivity index (χ1n) is 5.20. The van der Waals surface area contributed by atoms with E-state index in [4.69, 9.17) is 10.8 Å². The fourth-order valence-corrected chi connectivity index (χ4v) is 1.72. The fourth-order valence-electron chi connectivity index (χ4n) is 1.72. The molecule has 1 aromatic heterocycles. The fraction of sp³-hybridized carbons (Fsp3) is 0.556. The lowest BCUT2D eigenvalue weighted by molar-refractivity contribution is 0.0655. The number of aromatic carboxylic acids is 1. The highest BCUT2D eigenvalue weighted by atomic mass is 16.6. The number of carboxylic acids is 1. The molecule has 1 saturated heterocycles. The summed E-state index contributed by atoms with van der Waals surface area (Å²) in [6, 6.07) is 0.0911. The molecule has 1 fully saturated rings. The topological polar surface area (TPSA) is 123 Å². The van der Waals surface area contributed by atoms with Crippen LogP contribution >= 0.6 is 0 Å². The molecule has 1 aliphatic heterocycles. The largest absolute Gasteiger partial charge is 0.476 e. The summed E-state index contributed by atoms with van der Waals surface area (Å²) < 4.78 is 4.29. The van der Waals surface area contributed by atoms with E-state index in [1.807, 2.05) is 0 Å². The van der Waals surface area contributed by atoms with Crippen molar-refractivity contribution >= 4 is 11.9 Å². The van der Waals surface area contributed by atoms with E-state index in [1.165, 1.54) is 4.90 Å². The summed E-state index contributed by atoms with van der Waals surface area (Å²) in [7, 11) is 0. The third kappa shape index (κ3) is 2.26. The van der Waals surface area contributed by atoms with Gasteiger partial charge in [0.25, 0.3) is 5.91 Å². The van der Waals surface area contributed by atoms with Gasteiger partial charge in [0.2, 0.25) is 11.4 Å². The lowest BCUT2D eigenvalue weighted by Gasteiger charge is -2.29. The van der Waals surface area contributed by atoms with Gasteiger partial charge in [-0.15, -0.1) is 0 Å². The molecule has 8 heteroatoms. The molecule has 3 N–H and O–H groups in total. The molecular weight excluding hydrogens is 228 g/mol. The number of carbonyl (C=O) groups excluding carboxylic acids is 1. The smallest absolute Gasteiger partial charge is 0.360 e. The average molecular weight is 240 g/mol. The van der Waals surface area contributed by atoms with Crippen molar-refractivity contribution in [3.63, 3.8) is 0 Å². The highest BCUT2D eigenvalue weighted by Crippen LogP contribution is 2.13. The molecule has 92 valence electrons. The molecule has 17 heavy (non-hydrogen) atoms. The van der Waals surface area contributed by atoms with E-state index in [-0.39, 0.29) is 11.7 Å². The zero-order chi connectivity index (χ0) is 12.4. The van der Waals surface area contributed by atoms with E-state index in [2.05, 4.69) is 14.9 Å². The number of amides is 1. The molecule has 0 atom stereocenters. The number of carboxylic acid groups (broad SMARTS) is 1. The highest BCUT2D eigenvalue weighted by Gasteiger charge is 2.29. The first-order valence-corrected chi connectivity index (χ1v) is 5.20. The molecule has 0 bridgehead atoms. The maximum atomic E-state index is 12.0. The van der Waals surface area contributed by atoms with Crippen molar-refractivity contribution in [1.82, 2.24) is 15.2 Å². The Labute approximate surface area is 96.3 Å². The van der Waals surface area contributed by atoms with Crippen LogP contribution in [0.5, 0.6) is 0 Å².